The van der Waals surface area contributed by atoms with Crippen molar-refractivity contribution in [1.82, 2.24) is 4.98 Å². The minimum Gasteiger partial charge on any atom is -0.459 e. The van der Waals surface area contributed by atoms with Crippen molar-refractivity contribution in [1.29, 1.82) is 5.41 Å². The Morgan fingerprint density at radius 3 is 2.56 bits per heavy atom. The molecular formula is C12H19N3O. The molecule has 0 aromatic carbocycles. The molecule has 0 saturated heterocycles. The highest BCUT2D eigenvalue weighted by molar-refractivity contribution is 5.88. The van der Waals surface area contributed by atoms with Gasteiger partial charge in [-0.15, -0.1) is 0 Å². The lowest BCUT2D eigenvalue weighted by Crippen LogP contribution is -2.37. The molecule has 0 bridgehead atoms. The van der Waals surface area contributed by atoms with E-state index in [-0.39, 0.29) is 11.6 Å². The highest BCUT2D eigenvalue weighted by atomic mass is 16.5. The molecule has 4 nitrogen and oxygen atoms in total. The van der Waals surface area contributed by atoms with E-state index in [1.807, 2.05) is 45.9 Å². The highest BCUT2D eigenvalue weighted by Crippen LogP contribution is 2.14. The lowest BCUT2D eigenvalue weighted by Gasteiger charge is -2.28. The topological polar surface area (TPSA) is 49.2 Å². The van der Waals surface area contributed by atoms with Crippen LogP contribution < -0.4 is 4.90 Å². The van der Waals surface area contributed by atoms with Gasteiger partial charge in [0, 0.05) is 12.7 Å². The summed E-state index contributed by atoms with van der Waals surface area (Å²) in [6.45, 7) is 8.40. The fraction of sp³-hybridized carbons (Fsp3) is 0.500. The Kier molecular flexibility index (Phi) is 3.88. The molecule has 4 heteroatoms. The second kappa shape index (κ2) is 4.96. The van der Waals surface area contributed by atoms with Crippen LogP contribution in [-0.4, -0.2) is 23.2 Å². The van der Waals surface area contributed by atoms with Gasteiger partial charge in [-0.3, -0.25) is 10.3 Å². The van der Waals surface area contributed by atoms with Crippen LogP contribution in [0.5, 0.6) is 0 Å². The number of hydrogen-bond donors (Lipinski definition) is 1. The summed E-state index contributed by atoms with van der Waals surface area (Å²) >= 11 is 0. The third-order valence-corrected chi connectivity index (χ3v) is 1.89. The number of rotatable bonds is 2. The van der Waals surface area contributed by atoms with E-state index in [1.54, 1.807) is 11.1 Å². The summed E-state index contributed by atoms with van der Waals surface area (Å²) in [5, 5.41) is 7.90. The molecule has 0 amide bonds. The molecule has 0 saturated carbocycles. The van der Waals surface area contributed by atoms with E-state index in [0.29, 0.717) is 6.54 Å². The van der Waals surface area contributed by atoms with E-state index >= 15 is 0 Å². The van der Waals surface area contributed by atoms with Crippen molar-refractivity contribution in [2.24, 2.45) is 0 Å². The molecule has 1 aromatic rings. The van der Waals surface area contributed by atoms with E-state index in [1.165, 1.54) is 0 Å². The van der Waals surface area contributed by atoms with E-state index in [9.17, 15) is 0 Å². The standard InChI is InChI=1S/C12H19N3O/c1-5-15(10-8-6-7-9-14-10)11(13)16-12(2,3)4/h6-9,13H,5H2,1-4H3. The molecule has 1 aromatic heterocycles. The van der Waals surface area contributed by atoms with Crippen LogP contribution in [0.25, 0.3) is 0 Å². The second-order valence-corrected chi connectivity index (χ2v) is 4.45. The maximum absolute atomic E-state index is 7.90. The van der Waals surface area contributed by atoms with Gasteiger partial charge in [0.2, 0.25) is 0 Å². The number of nitrogens with zero attached hydrogens (tertiary/aromatic N) is 2. The molecule has 1 heterocycles. The zero-order valence-electron chi connectivity index (χ0n) is 10.3. The van der Waals surface area contributed by atoms with Gasteiger partial charge in [-0.2, -0.15) is 0 Å². The van der Waals surface area contributed by atoms with Crippen molar-refractivity contribution in [3.8, 4) is 0 Å². The summed E-state index contributed by atoms with van der Waals surface area (Å²) in [7, 11) is 0. The van der Waals surface area contributed by atoms with Crippen molar-refractivity contribution < 1.29 is 4.74 Å². The zero-order chi connectivity index (χ0) is 12.2. The summed E-state index contributed by atoms with van der Waals surface area (Å²) in [6.07, 6.45) is 1.71. The lowest BCUT2D eigenvalue weighted by molar-refractivity contribution is 0.111. The Balaban J connectivity index is 2.80. The van der Waals surface area contributed by atoms with E-state index in [0.717, 1.165) is 5.82 Å². The number of pyridine rings is 1. The van der Waals surface area contributed by atoms with Crippen LogP contribution in [0.2, 0.25) is 0 Å². The molecule has 0 radical (unpaired) electrons. The number of nitrogens with one attached hydrogen (secondary N) is 1. The first kappa shape index (κ1) is 12.5. The smallest absolute Gasteiger partial charge is 0.290 e. The molecule has 0 spiro atoms. The maximum Gasteiger partial charge on any atom is 0.290 e. The zero-order valence-corrected chi connectivity index (χ0v) is 10.3. The Hall–Kier alpha value is -1.58. The molecule has 0 atom stereocenters. The fourth-order valence-corrected chi connectivity index (χ4v) is 1.27. The molecule has 0 aliphatic rings. The average molecular weight is 221 g/mol. The normalized spacial score (nSPS) is 11.0. The van der Waals surface area contributed by atoms with Crippen LogP contribution in [0.15, 0.2) is 24.4 Å². The first-order chi connectivity index (χ1) is 7.44. The molecule has 16 heavy (non-hydrogen) atoms. The fourth-order valence-electron chi connectivity index (χ4n) is 1.27. The van der Waals surface area contributed by atoms with Gasteiger partial charge in [0.25, 0.3) is 6.02 Å². The van der Waals surface area contributed by atoms with Gasteiger partial charge in [-0.25, -0.2) is 4.98 Å². The van der Waals surface area contributed by atoms with Gasteiger partial charge >= 0.3 is 0 Å². The second-order valence-electron chi connectivity index (χ2n) is 4.45. The van der Waals surface area contributed by atoms with Gasteiger partial charge in [0.15, 0.2) is 0 Å². The highest BCUT2D eigenvalue weighted by Gasteiger charge is 2.19. The summed E-state index contributed by atoms with van der Waals surface area (Å²) < 4.78 is 5.51. The maximum atomic E-state index is 7.90. The number of anilines is 1. The Morgan fingerprint density at radius 1 is 1.44 bits per heavy atom. The molecule has 0 fully saturated rings. The van der Waals surface area contributed by atoms with Gasteiger partial charge in [0.1, 0.15) is 11.4 Å². The number of amidine groups is 1. The third-order valence-electron chi connectivity index (χ3n) is 1.89. The first-order valence-electron chi connectivity index (χ1n) is 5.40. The quantitative estimate of drug-likeness (QED) is 0.617. The van der Waals surface area contributed by atoms with Gasteiger partial charge in [0.05, 0.1) is 0 Å². The summed E-state index contributed by atoms with van der Waals surface area (Å²) in [5.41, 5.74) is -0.362. The largest absolute Gasteiger partial charge is 0.459 e. The Bertz CT molecular complexity index is 343. The third kappa shape index (κ3) is 3.53. The van der Waals surface area contributed by atoms with Crippen LogP contribution in [0, 0.1) is 5.41 Å². The number of ether oxygens (including phenoxy) is 1. The molecule has 0 unspecified atom stereocenters. The minimum absolute atomic E-state index is 0.133. The molecule has 0 aliphatic carbocycles. The molecular weight excluding hydrogens is 202 g/mol. The van der Waals surface area contributed by atoms with Crippen molar-refractivity contribution in [3.05, 3.63) is 24.4 Å². The first-order valence-corrected chi connectivity index (χ1v) is 5.40. The number of hydrogen-bond acceptors (Lipinski definition) is 3. The summed E-state index contributed by atoms with van der Waals surface area (Å²) in [5.74, 6) is 0.735. The SMILES string of the molecule is CCN(C(=N)OC(C)(C)C)c1ccccn1. The molecule has 0 aliphatic heterocycles. The van der Waals surface area contributed by atoms with Gasteiger partial charge in [-0.1, -0.05) is 6.07 Å². The van der Waals surface area contributed by atoms with Gasteiger partial charge < -0.3 is 4.74 Å². The monoisotopic (exact) mass is 221 g/mol. The predicted molar refractivity (Wildman–Crippen MR) is 65.8 cm³/mol. The van der Waals surface area contributed by atoms with Crippen LogP contribution >= 0.6 is 0 Å². The van der Waals surface area contributed by atoms with Crippen molar-refractivity contribution >= 4 is 11.8 Å². The summed E-state index contributed by atoms with van der Waals surface area (Å²) in [4.78, 5) is 5.93. The Morgan fingerprint density at radius 2 is 2.12 bits per heavy atom. The van der Waals surface area contributed by atoms with E-state index < -0.39 is 0 Å². The van der Waals surface area contributed by atoms with Crippen LogP contribution in [0.1, 0.15) is 27.7 Å². The van der Waals surface area contributed by atoms with Crippen molar-refractivity contribution in [2.45, 2.75) is 33.3 Å². The summed E-state index contributed by atoms with van der Waals surface area (Å²) in [6, 6.07) is 5.75. The van der Waals surface area contributed by atoms with Crippen LogP contribution in [-0.2, 0) is 4.74 Å². The van der Waals surface area contributed by atoms with Crippen molar-refractivity contribution in [2.75, 3.05) is 11.4 Å². The molecule has 1 rings (SSSR count). The van der Waals surface area contributed by atoms with Gasteiger partial charge in [-0.05, 0) is 39.8 Å². The van der Waals surface area contributed by atoms with Crippen molar-refractivity contribution in [3.63, 3.8) is 0 Å². The predicted octanol–water partition coefficient (Wildman–Crippen LogP) is 2.66. The van der Waals surface area contributed by atoms with E-state index in [4.69, 9.17) is 10.1 Å². The number of aromatic nitrogens is 1. The molecule has 88 valence electrons. The average Bonchev–Trinajstić information content (AvgIpc) is 2.17. The van der Waals surface area contributed by atoms with E-state index in [2.05, 4.69) is 4.98 Å². The van der Waals surface area contributed by atoms with Crippen LogP contribution in [0.4, 0.5) is 5.82 Å². The molecule has 1 N–H and O–H groups in total. The van der Waals surface area contributed by atoms with Crippen LogP contribution in [0.3, 0.4) is 0 Å². The Labute approximate surface area is 96.8 Å². The minimum atomic E-state index is -0.362. The lowest BCUT2D eigenvalue weighted by atomic mass is 10.2.